The normalized spacial score (nSPS) is 17.5. The van der Waals surface area contributed by atoms with E-state index in [1.165, 1.54) is 11.3 Å². The second kappa shape index (κ2) is 18.3. The van der Waals surface area contributed by atoms with Crippen molar-refractivity contribution in [2.24, 2.45) is 5.92 Å². The summed E-state index contributed by atoms with van der Waals surface area (Å²) in [5.41, 5.74) is 0.373. The number of carbonyl (C=O) groups excluding carboxylic acids is 3. The molecule has 1 rings (SSSR count). The van der Waals surface area contributed by atoms with E-state index in [2.05, 4.69) is 43.2 Å². The molecule has 1 heterocycles. The van der Waals surface area contributed by atoms with E-state index in [9.17, 15) is 14.4 Å². The number of nitrogens with one attached hydrogen (secondary N) is 2. The molecule has 36 heavy (non-hydrogen) atoms. The van der Waals surface area contributed by atoms with Gasteiger partial charge in [-0.3, -0.25) is 19.3 Å². The van der Waals surface area contributed by atoms with Gasteiger partial charge in [0.15, 0.2) is 0 Å². The van der Waals surface area contributed by atoms with Crippen molar-refractivity contribution in [3.63, 3.8) is 0 Å². The smallest absolute Gasteiger partial charge is 0.247 e. The fourth-order valence-electron chi connectivity index (χ4n) is 4.02. The Morgan fingerprint density at radius 3 is 2.14 bits per heavy atom. The largest absolute Gasteiger partial charge is 0.394 e. The SMILES string of the molecule is C/C(=C\CN(C)C(=O)C(NC(=O)CC1CCCCN1C(C)C)C(C)C)C(=O)NC(CO)CO.CCC. The van der Waals surface area contributed by atoms with Crippen molar-refractivity contribution in [2.45, 2.75) is 105 Å². The van der Waals surface area contributed by atoms with Gasteiger partial charge in [-0.1, -0.05) is 46.6 Å². The highest BCUT2D eigenvalue weighted by Gasteiger charge is 2.30. The summed E-state index contributed by atoms with van der Waals surface area (Å²) < 4.78 is 0. The zero-order valence-corrected chi connectivity index (χ0v) is 23.8. The lowest BCUT2D eigenvalue weighted by Crippen LogP contribution is -2.52. The number of carbonyl (C=O) groups is 3. The third-order valence-corrected chi connectivity index (χ3v) is 6.19. The topological polar surface area (TPSA) is 122 Å². The van der Waals surface area contributed by atoms with Gasteiger partial charge in [-0.2, -0.15) is 0 Å². The maximum atomic E-state index is 13.0. The van der Waals surface area contributed by atoms with Crippen molar-refractivity contribution < 1.29 is 24.6 Å². The number of piperidine rings is 1. The van der Waals surface area contributed by atoms with Gasteiger partial charge in [-0.05, 0) is 46.1 Å². The molecule has 0 aromatic rings. The van der Waals surface area contributed by atoms with Gasteiger partial charge in [0.2, 0.25) is 17.7 Å². The first-order valence-electron chi connectivity index (χ1n) is 13.4. The highest BCUT2D eigenvalue weighted by molar-refractivity contribution is 5.93. The van der Waals surface area contributed by atoms with Gasteiger partial charge in [-0.25, -0.2) is 0 Å². The molecule has 3 amide bonds. The summed E-state index contributed by atoms with van der Waals surface area (Å²) >= 11 is 0. The van der Waals surface area contributed by atoms with Crippen LogP contribution in [0.25, 0.3) is 0 Å². The first-order valence-corrected chi connectivity index (χ1v) is 13.4. The Balaban J connectivity index is 0.00000387. The zero-order chi connectivity index (χ0) is 27.8. The van der Waals surface area contributed by atoms with Gasteiger partial charge >= 0.3 is 0 Å². The predicted octanol–water partition coefficient (Wildman–Crippen LogP) is 2.07. The number of hydrogen-bond donors (Lipinski definition) is 4. The van der Waals surface area contributed by atoms with E-state index >= 15 is 0 Å². The molecule has 0 bridgehead atoms. The molecule has 0 aliphatic carbocycles. The predicted molar refractivity (Wildman–Crippen MR) is 144 cm³/mol. The van der Waals surface area contributed by atoms with E-state index in [4.69, 9.17) is 10.2 Å². The number of likely N-dealkylation sites (tertiary alicyclic amines) is 1. The Morgan fingerprint density at radius 2 is 1.64 bits per heavy atom. The molecule has 0 radical (unpaired) electrons. The lowest BCUT2D eigenvalue weighted by molar-refractivity contribution is -0.136. The fourth-order valence-corrected chi connectivity index (χ4v) is 4.02. The van der Waals surface area contributed by atoms with Gasteiger partial charge in [0.1, 0.15) is 6.04 Å². The van der Waals surface area contributed by atoms with Gasteiger partial charge in [0.05, 0.1) is 19.3 Å². The molecule has 2 unspecified atom stereocenters. The maximum absolute atomic E-state index is 13.0. The summed E-state index contributed by atoms with van der Waals surface area (Å²) in [5.74, 6) is -0.826. The minimum Gasteiger partial charge on any atom is -0.394 e. The molecule has 2 atom stereocenters. The van der Waals surface area contributed by atoms with E-state index in [1.807, 2.05) is 13.8 Å². The summed E-state index contributed by atoms with van der Waals surface area (Å²) in [7, 11) is 1.64. The Hall–Kier alpha value is -1.97. The molecule has 9 nitrogen and oxygen atoms in total. The lowest BCUT2D eigenvalue weighted by Gasteiger charge is -2.38. The van der Waals surface area contributed by atoms with Crippen molar-refractivity contribution in [1.29, 1.82) is 0 Å². The van der Waals surface area contributed by atoms with Crippen LogP contribution in [0.15, 0.2) is 11.6 Å². The van der Waals surface area contributed by atoms with Crippen LogP contribution in [-0.2, 0) is 14.4 Å². The number of aliphatic hydroxyl groups excluding tert-OH is 2. The summed E-state index contributed by atoms with van der Waals surface area (Å²) in [5, 5.41) is 23.6. The van der Waals surface area contributed by atoms with E-state index in [-0.39, 0.29) is 43.5 Å². The van der Waals surface area contributed by atoms with Crippen LogP contribution >= 0.6 is 0 Å². The summed E-state index contributed by atoms with van der Waals surface area (Å²) in [6.45, 7) is 14.4. The standard InChI is InChI=1S/C24H44N4O5.C3H8/c1-16(2)22(26-21(31)13-20-9-7-8-11-28(20)17(3)4)24(33)27(6)12-10-18(5)23(32)25-19(14-29)15-30;1-3-2/h10,16-17,19-20,22,29-30H,7-9,11-15H2,1-6H3,(H,25,32)(H,26,31);3H2,1-2H3/b18-10+;. The average Bonchev–Trinajstić information content (AvgIpc) is 2.83. The van der Waals surface area contributed by atoms with Crippen molar-refractivity contribution in [2.75, 3.05) is 33.4 Å². The highest BCUT2D eigenvalue weighted by Crippen LogP contribution is 2.22. The van der Waals surface area contributed by atoms with E-state index in [0.717, 1.165) is 25.8 Å². The zero-order valence-electron chi connectivity index (χ0n) is 23.8. The molecule has 210 valence electrons. The molecule has 1 saturated heterocycles. The number of amides is 3. The van der Waals surface area contributed by atoms with Gasteiger partial charge in [-0.15, -0.1) is 0 Å². The lowest BCUT2D eigenvalue weighted by atomic mass is 9.96. The van der Waals surface area contributed by atoms with E-state index < -0.39 is 18.0 Å². The molecule has 4 N–H and O–H groups in total. The number of nitrogens with zero attached hydrogens (tertiary/aromatic N) is 2. The van der Waals surface area contributed by atoms with Crippen molar-refractivity contribution in [3.8, 4) is 0 Å². The van der Waals surface area contributed by atoms with Gasteiger partial charge in [0.25, 0.3) is 0 Å². The van der Waals surface area contributed by atoms with Crippen molar-refractivity contribution >= 4 is 17.7 Å². The van der Waals surface area contributed by atoms with Crippen LogP contribution in [0, 0.1) is 5.92 Å². The molecule has 0 aromatic carbocycles. The molecule has 9 heteroatoms. The number of likely N-dealkylation sites (N-methyl/N-ethyl adjacent to an activating group) is 1. The van der Waals surface area contributed by atoms with Gasteiger partial charge in [0, 0.05) is 37.7 Å². The molecule has 0 aromatic heterocycles. The van der Waals surface area contributed by atoms with Crippen molar-refractivity contribution in [3.05, 3.63) is 11.6 Å². The molecular weight excluding hydrogens is 460 g/mol. The highest BCUT2D eigenvalue weighted by atomic mass is 16.3. The summed E-state index contributed by atoms with van der Waals surface area (Å²) in [4.78, 5) is 41.9. The molecule has 1 fully saturated rings. The second-order valence-electron chi connectivity index (χ2n) is 10.3. The third kappa shape index (κ3) is 12.3. The van der Waals surface area contributed by atoms with Crippen LogP contribution < -0.4 is 10.6 Å². The summed E-state index contributed by atoms with van der Waals surface area (Å²) in [6.07, 6.45) is 6.51. The molecule has 1 aliphatic heterocycles. The van der Waals surface area contributed by atoms with Crippen LogP contribution in [0.1, 0.15) is 80.6 Å². The van der Waals surface area contributed by atoms with Crippen LogP contribution in [0.4, 0.5) is 0 Å². The van der Waals surface area contributed by atoms with Crippen LogP contribution in [0.5, 0.6) is 0 Å². The Kier molecular flexibility index (Phi) is 17.3. The minimum atomic E-state index is -0.725. The average molecular weight is 513 g/mol. The number of aliphatic hydroxyl groups is 2. The molecule has 0 spiro atoms. The molecular formula is C27H52N4O5. The van der Waals surface area contributed by atoms with Crippen molar-refractivity contribution in [1.82, 2.24) is 20.4 Å². The van der Waals surface area contributed by atoms with Crippen LogP contribution in [0.2, 0.25) is 0 Å². The fraction of sp³-hybridized carbons (Fsp3) is 0.815. The van der Waals surface area contributed by atoms with Crippen LogP contribution in [0.3, 0.4) is 0 Å². The van der Waals surface area contributed by atoms with E-state index in [0.29, 0.717) is 18.0 Å². The monoisotopic (exact) mass is 512 g/mol. The second-order valence-corrected chi connectivity index (χ2v) is 10.3. The van der Waals surface area contributed by atoms with E-state index in [1.54, 1.807) is 20.0 Å². The Labute approximate surface area is 218 Å². The first-order chi connectivity index (χ1) is 16.9. The number of hydrogen-bond acceptors (Lipinski definition) is 6. The van der Waals surface area contributed by atoms with Crippen LogP contribution in [-0.4, -0.2) is 95.3 Å². The van der Waals surface area contributed by atoms with Gasteiger partial charge < -0.3 is 25.7 Å². The quantitative estimate of drug-likeness (QED) is 0.297. The third-order valence-electron chi connectivity index (χ3n) is 6.19. The molecule has 1 aliphatic rings. The number of rotatable bonds is 12. The molecule has 0 saturated carbocycles. The summed E-state index contributed by atoms with van der Waals surface area (Å²) in [6, 6.07) is -0.787. The first kappa shape index (κ1) is 34.0. The minimum absolute atomic E-state index is 0.0836. The Morgan fingerprint density at radius 1 is 1.06 bits per heavy atom. The maximum Gasteiger partial charge on any atom is 0.247 e. The Bertz CT molecular complexity index is 692.